The number of benzene rings is 1. The summed E-state index contributed by atoms with van der Waals surface area (Å²) in [7, 11) is 2.00. The fraction of sp³-hybridized carbons (Fsp3) is 0.588. The first-order valence-corrected chi connectivity index (χ1v) is 7.71. The second kappa shape index (κ2) is 5.50. The number of hydrogen-bond acceptors (Lipinski definition) is 3. The van der Waals surface area contributed by atoms with Gasteiger partial charge in [-0.3, -0.25) is 9.69 Å². The molecule has 2 fully saturated rings. The van der Waals surface area contributed by atoms with Crippen LogP contribution in [-0.2, 0) is 4.79 Å². The number of carbonyl (C=O) groups is 1. The topological polar surface area (TPSA) is 40.5 Å². The maximum absolute atomic E-state index is 13.2. The molecule has 1 N–H and O–H groups in total. The number of nitrogens with zero attached hydrogens (tertiary/aromatic N) is 1. The maximum Gasteiger partial charge on any atom is 0.137 e. The first kappa shape index (κ1) is 14.7. The predicted molar refractivity (Wildman–Crippen MR) is 78.5 cm³/mol. The minimum atomic E-state index is -0.439. The summed E-state index contributed by atoms with van der Waals surface area (Å²) in [6.07, 6.45) is 1.62. The molecule has 4 heteroatoms. The van der Waals surface area contributed by atoms with Gasteiger partial charge in [-0.05, 0) is 43.5 Å². The smallest absolute Gasteiger partial charge is 0.137 e. The number of fused-ring (bicyclic) bond motifs is 2. The second-order valence-electron chi connectivity index (χ2n) is 6.35. The van der Waals surface area contributed by atoms with E-state index in [0.29, 0.717) is 12.5 Å². The van der Waals surface area contributed by atoms with Gasteiger partial charge >= 0.3 is 0 Å². The number of aliphatic hydroxyl groups is 1. The molecule has 0 spiro atoms. The molecule has 0 radical (unpaired) electrons. The fourth-order valence-electron chi connectivity index (χ4n) is 4.24. The lowest BCUT2D eigenvalue weighted by Crippen LogP contribution is -2.51. The summed E-state index contributed by atoms with van der Waals surface area (Å²) in [6.45, 7) is 1.87. The van der Waals surface area contributed by atoms with E-state index in [-0.39, 0.29) is 29.5 Å². The van der Waals surface area contributed by atoms with Crippen molar-refractivity contribution in [2.75, 3.05) is 7.05 Å². The van der Waals surface area contributed by atoms with Gasteiger partial charge in [0.2, 0.25) is 0 Å². The van der Waals surface area contributed by atoms with Gasteiger partial charge in [0.15, 0.2) is 0 Å². The highest BCUT2D eigenvalue weighted by molar-refractivity contribution is 5.83. The van der Waals surface area contributed by atoms with Crippen LogP contribution in [0.2, 0.25) is 0 Å². The number of halogens is 1. The Hall–Kier alpha value is -1.26. The first-order chi connectivity index (χ1) is 10.0. The Balaban J connectivity index is 1.98. The summed E-state index contributed by atoms with van der Waals surface area (Å²) in [4.78, 5) is 14.7. The molecule has 0 aromatic heterocycles. The number of carbonyl (C=O) groups excluding carboxylic acids is 1. The lowest BCUT2D eigenvalue weighted by Gasteiger charge is -2.42. The van der Waals surface area contributed by atoms with Gasteiger partial charge in [0.05, 0.1) is 6.10 Å². The van der Waals surface area contributed by atoms with Gasteiger partial charge in [0.25, 0.3) is 0 Å². The largest absolute Gasteiger partial charge is 0.391 e. The SMILES string of the molecule is CCC(=O)C1C(c2ccc(F)cc2)CC2CC(O)C1N2C. The number of likely N-dealkylation sites (N-methyl/N-ethyl adjacent to an activating group) is 1. The summed E-state index contributed by atoms with van der Waals surface area (Å²) in [6, 6.07) is 6.69. The van der Waals surface area contributed by atoms with Gasteiger partial charge in [-0.2, -0.15) is 0 Å². The van der Waals surface area contributed by atoms with Crippen LogP contribution >= 0.6 is 0 Å². The molecule has 21 heavy (non-hydrogen) atoms. The van der Waals surface area contributed by atoms with Crippen molar-refractivity contribution < 1.29 is 14.3 Å². The number of ketones is 1. The number of aliphatic hydroxyl groups excluding tert-OH is 1. The minimum absolute atomic E-state index is 0.0846. The standard InChI is InChI=1S/C17H22FNO2/c1-3-14(20)16-13(10-4-6-11(18)7-5-10)8-12-9-15(21)17(16)19(12)2/h4-7,12-13,15-17,21H,3,8-9H2,1-2H3. The van der Waals surface area contributed by atoms with Crippen molar-refractivity contribution in [2.24, 2.45) is 5.92 Å². The van der Waals surface area contributed by atoms with Crippen molar-refractivity contribution in [3.63, 3.8) is 0 Å². The van der Waals surface area contributed by atoms with Gasteiger partial charge in [-0.1, -0.05) is 19.1 Å². The quantitative estimate of drug-likeness (QED) is 0.929. The molecular formula is C17H22FNO2. The van der Waals surface area contributed by atoms with E-state index < -0.39 is 6.10 Å². The van der Waals surface area contributed by atoms with E-state index in [1.165, 1.54) is 12.1 Å². The van der Waals surface area contributed by atoms with Crippen LogP contribution in [0.5, 0.6) is 0 Å². The van der Waals surface area contributed by atoms with Crippen LogP contribution < -0.4 is 0 Å². The molecular weight excluding hydrogens is 269 g/mol. The Morgan fingerprint density at radius 3 is 2.62 bits per heavy atom. The van der Waals surface area contributed by atoms with Gasteiger partial charge < -0.3 is 5.11 Å². The van der Waals surface area contributed by atoms with Crippen molar-refractivity contribution >= 4 is 5.78 Å². The molecule has 1 aromatic rings. The van der Waals surface area contributed by atoms with Crippen molar-refractivity contribution in [2.45, 2.75) is 50.3 Å². The zero-order valence-corrected chi connectivity index (χ0v) is 12.5. The molecule has 114 valence electrons. The molecule has 1 aromatic carbocycles. The molecule has 0 saturated carbocycles. The number of Topliss-reactive ketones (excluding diaryl/α,β-unsaturated/α-hetero) is 1. The molecule has 2 saturated heterocycles. The molecule has 3 rings (SSSR count). The normalized spacial score (nSPS) is 35.9. The first-order valence-electron chi connectivity index (χ1n) is 7.71. The third-order valence-electron chi connectivity index (χ3n) is 5.30. The van der Waals surface area contributed by atoms with Gasteiger partial charge in [-0.25, -0.2) is 4.39 Å². The lowest BCUT2D eigenvalue weighted by molar-refractivity contribution is -0.128. The summed E-state index contributed by atoms with van der Waals surface area (Å²) in [5, 5.41) is 10.3. The Morgan fingerprint density at radius 2 is 2.00 bits per heavy atom. The average Bonchev–Trinajstić information content (AvgIpc) is 2.66. The highest BCUT2D eigenvalue weighted by Gasteiger charge is 2.52. The summed E-state index contributed by atoms with van der Waals surface area (Å²) >= 11 is 0. The monoisotopic (exact) mass is 291 g/mol. The third-order valence-corrected chi connectivity index (χ3v) is 5.30. The fourth-order valence-corrected chi connectivity index (χ4v) is 4.24. The maximum atomic E-state index is 13.2. The lowest BCUT2D eigenvalue weighted by atomic mass is 9.73. The Kier molecular flexibility index (Phi) is 3.84. The van der Waals surface area contributed by atoms with Crippen LogP contribution in [0.25, 0.3) is 0 Å². The van der Waals surface area contributed by atoms with E-state index in [4.69, 9.17) is 0 Å². The zero-order chi connectivity index (χ0) is 15.1. The van der Waals surface area contributed by atoms with E-state index in [9.17, 15) is 14.3 Å². The van der Waals surface area contributed by atoms with Crippen LogP contribution in [-0.4, -0.2) is 41.0 Å². The molecule has 0 amide bonds. The number of rotatable bonds is 3. The Bertz CT molecular complexity index is 530. The Morgan fingerprint density at radius 1 is 1.33 bits per heavy atom. The number of piperidine rings is 1. The molecule has 5 unspecified atom stereocenters. The molecule has 2 aliphatic heterocycles. The molecule has 2 aliphatic rings. The van der Waals surface area contributed by atoms with Crippen molar-refractivity contribution in [3.8, 4) is 0 Å². The molecule has 2 heterocycles. The third kappa shape index (κ3) is 2.40. The molecule has 5 atom stereocenters. The molecule has 2 bridgehead atoms. The predicted octanol–water partition coefficient (Wildman–Crippen LogP) is 2.34. The van der Waals surface area contributed by atoms with Crippen LogP contribution in [0.15, 0.2) is 24.3 Å². The van der Waals surface area contributed by atoms with E-state index >= 15 is 0 Å². The summed E-state index contributed by atoms with van der Waals surface area (Å²) < 4.78 is 13.2. The van der Waals surface area contributed by atoms with Gasteiger partial charge in [0, 0.05) is 24.4 Å². The van der Waals surface area contributed by atoms with Gasteiger partial charge in [-0.15, -0.1) is 0 Å². The highest BCUT2D eigenvalue weighted by atomic mass is 19.1. The van der Waals surface area contributed by atoms with E-state index in [0.717, 1.165) is 18.4 Å². The zero-order valence-electron chi connectivity index (χ0n) is 12.5. The van der Waals surface area contributed by atoms with E-state index in [1.807, 2.05) is 14.0 Å². The molecule has 3 nitrogen and oxygen atoms in total. The van der Waals surface area contributed by atoms with E-state index in [2.05, 4.69) is 4.90 Å². The van der Waals surface area contributed by atoms with Gasteiger partial charge in [0.1, 0.15) is 11.6 Å². The van der Waals surface area contributed by atoms with Crippen LogP contribution in [0, 0.1) is 11.7 Å². The highest BCUT2D eigenvalue weighted by Crippen LogP contribution is 2.46. The average molecular weight is 291 g/mol. The summed E-state index contributed by atoms with van der Waals surface area (Å²) in [5.74, 6) is -0.172. The van der Waals surface area contributed by atoms with E-state index in [1.54, 1.807) is 12.1 Å². The molecule has 0 aliphatic carbocycles. The van der Waals surface area contributed by atoms with Crippen molar-refractivity contribution in [3.05, 3.63) is 35.6 Å². The van der Waals surface area contributed by atoms with Crippen LogP contribution in [0.1, 0.15) is 37.7 Å². The van der Waals surface area contributed by atoms with Crippen molar-refractivity contribution in [1.29, 1.82) is 0 Å². The number of hydrogen-bond donors (Lipinski definition) is 1. The minimum Gasteiger partial charge on any atom is -0.391 e. The van der Waals surface area contributed by atoms with Crippen molar-refractivity contribution in [1.82, 2.24) is 4.90 Å². The van der Waals surface area contributed by atoms with Crippen LogP contribution in [0.4, 0.5) is 4.39 Å². The summed E-state index contributed by atoms with van der Waals surface area (Å²) in [5.41, 5.74) is 1.01. The van der Waals surface area contributed by atoms with Crippen LogP contribution in [0.3, 0.4) is 0 Å². The Labute approximate surface area is 124 Å². The second-order valence-corrected chi connectivity index (χ2v) is 6.35.